The maximum Gasteiger partial charge on any atom is 0.163 e. The summed E-state index contributed by atoms with van der Waals surface area (Å²) in [5, 5.41) is 4.95. The highest BCUT2D eigenvalue weighted by molar-refractivity contribution is 6.31. The summed E-state index contributed by atoms with van der Waals surface area (Å²) in [6.07, 6.45) is 6.63. The summed E-state index contributed by atoms with van der Waals surface area (Å²) in [7, 11) is 2.18. The Morgan fingerprint density at radius 1 is 1.16 bits per heavy atom. The van der Waals surface area contributed by atoms with Crippen LogP contribution in [0.2, 0.25) is 5.02 Å². The minimum atomic E-state index is -0.355. The maximum absolute atomic E-state index is 15.0. The van der Waals surface area contributed by atoms with Crippen LogP contribution < -0.4 is 5.32 Å². The van der Waals surface area contributed by atoms with Crippen LogP contribution in [0.3, 0.4) is 0 Å². The van der Waals surface area contributed by atoms with Gasteiger partial charge in [-0.2, -0.15) is 0 Å². The highest BCUT2D eigenvalue weighted by atomic mass is 35.5. The number of hydrogen-bond acceptors (Lipinski definition) is 5. The number of nitrogens with zero attached hydrogens (tertiary/aromatic N) is 2. The lowest BCUT2D eigenvalue weighted by molar-refractivity contribution is -0.0545. The molecule has 1 atom stereocenters. The molecule has 1 saturated heterocycles. The fourth-order valence-electron chi connectivity index (χ4n) is 5.58. The van der Waals surface area contributed by atoms with Crippen LogP contribution in [-0.4, -0.2) is 48.5 Å². The predicted octanol–water partition coefficient (Wildman–Crippen LogP) is 7.28. The van der Waals surface area contributed by atoms with E-state index in [1.165, 1.54) is 18.9 Å². The number of Topliss-reactive ketones (excluding diaryl/α,β-unsaturated/α-hetero) is 1. The monoisotopic (exact) mass is 523 g/mol. The number of benzene rings is 2. The molecule has 37 heavy (non-hydrogen) atoms. The van der Waals surface area contributed by atoms with E-state index in [9.17, 15) is 4.79 Å². The van der Waals surface area contributed by atoms with E-state index >= 15 is 4.39 Å². The topological polar surface area (TPSA) is 54.5 Å². The van der Waals surface area contributed by atoms with Gasteiger partial charge in [0.15, 0.2) is 5.78 Å². The van der Waals surface area contributed by atoms with Crippen molar-refractivity contribution < 1.29 is 13.9 Å². The van der Waals surface area contributed by atoms with Crippen LogP contribution in [0.15, 0.2) is 36.5 Å². The number of nitrogens with one attached hydrogen (secondary N) is 1. The van der Waals surface area contributed by atoms with Gasteiger partial charge in [-0.3, -0.25) is 9.78 Å². The molecular weight excluding hydrogens is 489 g/mol. The molecule has 5 nitrogen and oxygen atoms in total. The molecule has 2 heterocycles. The van der Waals surface area contributed by atoms with E-state index in [0.717, 1.165) is 54.5 Å². The number of fused-ring (bicyclic) bond motifs is 1. The molecule has 3 aromatic rings. The molecule has 0 amide bonds. The number of anilines is 1. The molecular formula is C30H35ClFN3O2. The highest BCUT2D eigenvalue weighted by Gasteiger charge is 2.27. The molecule has 1 aromatic heterocycles. The van der Waals surface area contributed by atoms with Crippen molar-refractivity contribution in [3.05, 3.63) is 58.5 Å². The van der Waals surface area contributed by atoms with E-state index in [2.05, 4.69) is 29.2 Å². The molecule has 196 valence electrons. The van der Waals surface area contributed by atoms with Crippen LogP contribution in [0.1, 0.15) is 68.0 Å². The summed E-state index contributed by atoms with van der Waals surface area (Å²) in [6.45, 7) is 6.60. The van der Waals surface area contributed by atoms with Crippen molar-refractivity contribution in [2.75, 3.05) is 32.1 Å². The highest BCUT2D eigenvalue weighted by Crippen LogP contribution is 2.39. The number of halogens is 2. The number of pyridine rings is 1. The molecule has 1 aliphatic heterocycles. The lowest BCUT2D eigenvalue weighted by Crippen LogP contribution is -2.32. The first-order valence-corrected chi connectivity index (χ1v) is 13.7. The summed E-state index contributed by atoms with van der Waals surface area (Å²) < 4.78 is 20.5. The molecule has 1 N–H and O–H groups in total. The Labute approximate surface area is 223 Å². The second-order valence-corrected chi connectivity index (χ2v) is 11.0. The molecule has 7 heteroatoms. The lowest BCUT2D eigenvalue weighted by atomic mass is 9.85. The van der Waals surface area contributed by atoms with Gasteiger partial charge in [0.2, 0.25) is 0 Å². The van der Waals surface area contributed by atoms with Crippen molar-refractivity contribution in [1.29, 1.82) is 0 Å². The summed E-state index contributed by atoms with van der Waals surface area (Å²) >= 11 is 6.50. The third kappa shape index (κ3) is 5.52. The normalized spacial score (nSPS) is 21.7. The number of carbonyl (C=O) groups excluding carboxylic acids is 1. The van der Waals surface area contributed by atoms with Gasteiger partial charge in [-0.15, -0.1) is 0 Å². The molecule has 1 unspecified atom stereocenters. The minimum absolute atomic E-state index is 0.0282. The zero-order chi connectivity index (χ0) is 26.1. The van der Waals surface area contributed by atoms with Crippen LogP contribution in [0, 0.1) is 11.7 Å². The molecule has 1 aliphatic carbocycles. The van der Waals surface area contributed by atoms with Gasteiger partial charge in [0, 0.05) is 41.2 Å². The molecule has 2 aliphatic rings. The third-order valence-corrected chi connectivity index (χ3v) is 8.30. The Bertz CT molecular complexity index is 1280. The fourth-order valence-corrected chi connectivity index (χ4v) is 5.91. The van der Waals surface area contributed by atoms with Crippen molar-refractivity contribution >= 4 is 34.0 Å². The molecule has 2 fully saturated rings. The van der Waals surface area contributed by atoms with Crippen molar-refractivity contribution in [1.82, 2.24) is 9.88 Å². The Kier molecular flexibility index (Phi) is 7.80. The molecule has 0 bridgehead atoms. The van der Waals surface area contributed by atoms with E-state index in [1.54, 1.807) is 19.2 Å². The minimum Gasteiger partial charge on any atom is -0.381 e. The smallest absolute Gasteiger partial charge is 0.163 e. The molecule has 0 spiro atoms. The summed E-state index contributed by atoms with van der Waals surface area (Å²) in [4.78, 5) is 19.5. The third-order valence-electron chi connectivity index (χ3n) is 7.99. The van der Waals surface area contributed by atoms with Crippen LogP contribution in [0.5, 0.6) is 0 Å². The van der Waals surface area contributed by atoms with E-state index in [1.807, 2.05) is 18.2 Å². The van der Waals surface area contributed by atoms with Gasteiger partial charge >= 0.3 is 0 Å². The maximum atomic E-state index is 15.0. The van der Waals surface area contributed by atoms with E-state index in [0.29, 0.717) is 40.3 Å². The van der Waals surface area contributed by atoms with Gasteiger partial charge in [0.1, 0.15) is 5.82 Å². The number of ether oxygens (including phenoxy) is 1. The van der Waals surface area contributed by atoms with Gasteiger partial charge in [-0.25, -0.2) is 4.39 Å². The number of ketones is 1. The Morgan fingerprint density at radius 2 is 1.92 bits per heavy atom. The average Bonchev–Trinajstić information content (AvgIpc) is 2.85. The Balaban J connectivity index is 1.46. The second-order valence-electron chi connectivity index (χ2n) is 10.6. The van der Waals surface area contributed by atoms with Crippen molar-refractivity contribution in [2.24, 2.45) is 5.92 Å². The molecule has 2 aromatic carbocycles. The van der Waals surface area contributed by atoms with Crippen molar-refractivity contribution in [3.8, 4) is 11.1 Å². The first-order chi connectivity index (χ1) is 17.8. The first kappa shape index (κ1) is 26.1. The molecule has 5 rings (SSSR count). The lowest BCUT2D eigenvalue weighted by Gasteiger charge is -2.32. The van der Waals surface area contributed by atoms with Gasteiger partial charge < -0.3 is 15.0 Å². The van der Waals surface area contributed by atoms with Gasteiger partial charge in [-0.1, -0.05) is 24.6 Å². The Hall–Kier alpha value is -2.54. The standard InChI is InChI=1S/C30H35ClFN3O2/c1-4-35(3)17-19-5-8-22(9-6-19)34-30-23-13-20(7-10-27(23)33-16-24(30)18(2)36)21-14-25(31)29(26(32)15-21)28-11-12-37-28/h7,10,13-16,19,22,28H,4-6,8-9,11-12,17H2,1-3H3,(H,33,34). The second kappa shape index (κ2) is 11.1. The number of carbonyl (C=O) groups is 1. The Morgan fingerprint density at radius 3 is 2.54 bits per heavy atom. The largest absolute Gasteiger partial charge is 0.381 e. The quantitative estimate of drug-likeness (QED) is 0.314. The fraction of sp³-hybridized carbons (Fsp3) is 0.467. The van der Waals surface area contributed by atoms with Gasteiger partial charge in [-0.05, 0) is 87.5 Å². The number of hydrogen-bond donors (Lipinski definition) is 1. The number of aromatic nitrogens is 1. The van der Waals surface area contributed by atoms with Crippen molar-refractivity contribution in [3.63, 3.8) is 0 Å². The van der Waals surface area contributed by atoms with Crippen LogP contribution in [0.25, 0.3) is 22.0 Å². The van der Waals surface area contributed by atoms with Crippen molar-refractivity contribution in [2.45, 2.75) is 58.1 Å². The van der Waals surface area contributed by atoms with Crippen LogP contribution in [-0.2, 0) is 4.74 Å². The van der Waals surface area contributed by atoms with E-state index in [4.69, 9.17) is 16.3 Å². The number of rotatable bonds is 8. The molecule has 1 saturated carbocycles. The zero-order valence-electron chi connectivity index (χ0n) is 21.8. The van der Waals surface area contributed by atoms with Gasteiger partial charge in [0.05, 0.1) is 29.5 Å². The summed E-state index contributed by atoms with van der Waals surface area (Å²) in [6, 6.07) is 9.45. The van der Waals surface area contributed by atoms with E-state index < -0.39 is 0 Å². The predicted molar refractivity (Wildman–Crippen MR) is 148 cm³/mol. The summed E-state index contributed by atoms with van der Waals surface area (Å²) in [5.74, 6) is 0.329. The van der Waals surface area contributed by atoms with Crippen LogP contribution in [0.4, 0.5) is 10.1 Å². The SMILES string of the molecule is CCN(C)CC1CCC(Nc2c(C(C)=O)cnc3ccc(-c4cc(F)c(C5CCO5)c(Cl)c4)cc23)CC1. The average molecular weight is 524 g/mol. The first-order valence-electron chi connectivity index (χ1n) is 13.3. The van der Waals surface area contributed by atoms with Crippen LogP contribution >= 0.6 is 11.6 Å². The van der Waals surface area contributed by atoms with Gasteiger partial charge in [0.25, 0.3) is 0 Å². The zero-order valence-corrected chi connectivity index (χ0v) is 22.6. The molecule has 0 radical (unpaired) electrons. The summed E-state index contributed by atoms with van der Waals surface area (Å²) in [5.41, 5.74) is 4.14. The van der Waals surface area contributed by atoms with E-state index in [-0.39, 0.29) is 17.7 Å².